The van der Waals surface area contributed by atoms with Crippen LogP contribution in [0.2, 0.25) is 0 Å². The van der Waals surface area contributed by atoms with Crippen LogP contribution in [-0.4, -0.2) is 19.5 Å². The number of nitrogens with zero attached hydrogens (tertiary/aromatic N) is 1. The van der Waals surface area contributed by atoms with Gasteiger partial charge in [0.15, 0.2) is 0 Å². The smallest absolute Gasteiger partial charge is 0.263 e. The minimum Gasteiger partial charge on any atom is -0.489 e. The number of hydrogen-bond donors (Lipinski definition) is 2. The highest BCUT2D eigenvalue weighted by molar-refractivity contribution is 7.92. The summed E-state index contributed by atoms with van der Waals surface area (Å²) in [5, 5.41) is 3.24. The number of hydrogen-bond acceptors (Lipinski definition) is 5. The van der Waals surface area contributed by atoms with Crippen molar-refractivity contribution in [3.8, 4) is 5.75 Å². The first-order valence-corrected chi connectivity index (χ1v) is 10.4. The Kier molecular flexibility index (Phi) is 5.84. The molecule has 0 bridgehead atoms. The van der Waals surface area contributed by atoms with E-state index < -0.39 is 10.0 Å². The molecule has 1 aromatic heterocycles. The summed E-state index contributed by atoms with van der Waals surface area (Å²) in [7, 11) is -3.67. The van der Waals surface area contributed by atoms with Crippen molar-refractivity contribution in [2.45, 2.75) is 31.8 Å². The minimum atomic E-state index is -3.67. The van der Waals surface area contributed by atoms with E-state index in [0.717, 1.165) is 22.7 Å². The van der Waals surface area contributed by atoms with E-state index >= 15 is 0 Å². The molecule has 0 radical (unpaired) electrons. The van der Waals surface area contributed by atoms with Gasteiger partial charge in [0.05, 0.1) is 28.6 Å². The van der Waals surface area contributed by atoms with Gasteiger partial charge in [0.1, 0.15) is 11.6 Å². The second kappa shape index (κ2) is 8.31. The molecule has 1 heterocycles. The van der Waals surface area contributed by atoms with Gasteiger partial charge >= 0.3 is 0 Å². The molecule has 0 aliphatic carbocycles. The van der Waals surface area contributed by atoms with Gasteiger partial charge in [-0.15, -0.1) is 0 Å². The molecule has 0 aliphatic rings. The standard InChI is InChI=1S/C21H23N3O3S/c1-15(2)27-20-7-5-4-6-19(20)23-17-10-13-21(22-14-17)24-28(25,26)18-11-8-16(3)9-12-18/h4-15,23H,1-3H3,(H,22,24). The van der Waals surface area contributed by atoms with Crippen LogP contribution >= 0.6 is 0 Å². The zero-order valence-corrected chi connectivity index (χ0v) is 16.8. The second-order valence-electron chi connectivity index (χ2n) is 6.64. The first-order valence-electron chi connectivity index (χ1n) is 8.92. The lowest BCUT2D eigenvalue weighted by molar-refractivity contribution is 0.244. The molecule has 2 N–H and O–H groups in total. The minimum absolute atomic E-state index is 0.0552. The van der Waals surface area contributed by atoms with E-state index in [9.17, 15) is 8.42 Å². The van der Waals surface area contributed by atoms with Gasteiger partial charge in [0, 0.05) is 0 Å². The average Bonchev–Trinajstić information content (AvgIpc) is 2.65. The zero-order valence-electron chi connectivity index (χ0n) is 16.0. The van der Waals surface area contributed by atoms with E-state index in [4.69, 9.17) is 4.74 Å². The molecule has 3 rings (SSSR count). The van der Waals surface area contributed by atoms with E-state index in [1.54, 1.807) is 42.6 Å². The number of rotatable bonds is 7. The average molecular weight is 398 g/mol. The molecule has 0 saturated heterocycles. The van der Waals surface area contributed by atoms with Crippen LogP contribution in [0.4, 0.5) is 17.2 Å². The van der Waals surface area contributed by atoms with E-state index in [2.05, 4.69) is 15.0 Å². The Hall–Kier alpha value is -3.06. The van der Waals surface area contributed by atoms with Crippen LogP contribution in [0.3, 0.4) is 0 Å². The molecule has 0 unspecified atom stereocenters. The molecule has 3 aromatic rings. The molecule has 7 heteroatoms. The number of ether oxygens (including phenoxy) is 1. The molecule has 0 atom stereocenters. The number of para-hydroxylation sites is 2. The number of aromatic nitrogens is 1. The van der Waals surface area contributed by atoms with Gasteiger partial charge in [-0.2, -0.15) is 0 Å². The van der Waals surface area contributed by atoms with Gasteiger partial charge in [-0.1, -0.05) is 29.8 Å². The van der Waals surface area contributed by atoms with Crippen molar-refractivity contribution in [1.82, 2.24) is 4.98 Å². The predicted octanol–water partition coefficient (Wildman–Crippen LogP) is 4.72. The monoisotopic (exact) mass is 397 g/mol. The lowest BCUT2D eigenvalue weighted by atomic mass is 10.2. The summed E-state index contributed by atoms with van der Waals surface area (Å²) in [5.41, 5.74) is 2.53. The number of aryl methyl sites for hydroxylation is 1. The Morgan fingerprint density at radius 2 is 1.68 bits per heavy atom. The van der Waals surface area contributed by atoms with Crippen LogP contribution in [0.5, 0.6) is 5.75 Å². The van der Waals surface area contributed by atoms with Gasteiger partial charge in [0.2, 0.25) is 0 Å². The Morgan fingerprint density at radius 3 is 2.32 bits per heavy atom. The maximum Gasteiger partial charge on any atom is 0.263 e. The number of anilines is 3. The Balaban J connectivity index is 1.73. The summed E-state index contributed by atoms with van der Waals surface area (Å²) >= 11 is 0. The van der Waals surface area contributed by atoms with Crippen molar-refractivity contribution in [3.05, 3.63) is 72.4 Å². The van der Waals surface area contributed by atoms with Crippen molar-refractivity contribution >= 4 is 27.2 Å². The molecular weight excluding hydrogens is 374 g/mol. The predicted molar refractivity (Wildman–Crippen MR) is 112 cm³/mol. The molecule has 0 amide bonds. The summed E-state index contributed by atoms with van der Waals surface area (Å²) in [6.45, 7) is 5.84. The van der Waals surface area contributed by atoms with Crippen LogP contribution in [0.25, 0.3) is 0 Å². The SMILES string of the molecule is Cc1ccc(S(=O)(=O)Nc2ccc(Nc3ccccc3OC(C)C)cn2)cc1. The normalized spacial score (nSPS) is 11.3. The van der Waals surface area contributed by atoms with Gasteiger partial charge in [-0.3, -0.25) is 4.72 Å². The number of nitrogens with one attached hydrogen (secondary N) is 2. The molecule has 6 nitrogen and oxygen atoms in total. The van der Waals surface area contributed by atoms with Crippen LogP contribution in [0.15, 0.2) is 71.8 Å². The zero-order chi connectivity index (χ0) is 20.1. The quantitative estimate of drug-likeness (QED) is 0.603. The molecule has 0 spiro atoms. The van der Waals surface area contributed by atoms with E-state index in [0.29, 0.717) is 0 Å². The first kappa shape index (κ1) is 19.7. The van der Waals surface area contributed by atoms with E-state index in [1.807, 2.05) is 45.0 Å². The molecule has 0 aliphatic heterocycles. The van der Waals surface area contributed by atoms with Crippen LogP contribution < -0.4 is 14.8 Å². The third-order valence-electron chi connectivity index (χ3n) is 3.86. The Morgan fingerprint density at radius 1 is 0.964 bits per heavy atom. The Labute approximate surface area is 165 Å². The summed E-state index contributed by atoms with van der Waals surface area (Å²) in [5.74, 6) is 0.986. The van der Waals surface area contributed by atoms with Crippen molar-refractivity contribution in [2.24, 2.45) is 0 Å². The molecule has 28 heavy (non-hydrogen) atoms. The molecule has 2 aromatic carbocycles. The third-order valence-corrected chi connectivity index (χ3v) is 5.23. The molecule has 146 valence electrons. The second-order valence-corrected chi connectivity index (χ2v) is 8.32. The highest BCUT2D eigenvalue weighted by Gasteiger charge is 2.14. The largest absolute Gasteiger partial charge is 0.489 e. The fraction of sp³-hybridized carbons (Fsp3) is 0.190. The summed E-state index contributed by atoms with van der Waals surface area (Å²) < 4.78 is 33.2. The highest BCUT2D eigenvalue weighted by atomic mass is 32.2. The third kappa shape index (κ3) is 5.01. The maximum atomic E-state index is 12.5. The number of pyridine rings is 1. The molecule has 0 saturated carbocycles. The van der Waals surface area contributed by atoms with Crippen molar-refractivity contribution in [2.75, 3.05) is 10.0 Å². The van der Waals surface area contributed by atoms with Crippen LogP contribution in [-0.2, 0) is 10.0 Å². The van der Waals surface area contributed by atoms with Crippen molar-refractivity contribution in [3.63, 3.8) is 0 Å². The van der Waals surface area contributed by atoms with E-state index in [1.165, 1.54) is 0 Å². The maximum absolute atomic E-state index is 12.5. The van der Waals surface area contributed by atoms with E-state index in [-0.39, 0.29) is 16.8 Å². The highest BCUT2D eigenvalue weighted by Crippen LogP contribution is 2.28. The summed E-state index contributed by atoms with van der Waals surface area (Å²) in [6.07, 6.45) is 1.62. The summed E-state index contributed by atoms with van der Waals surface area (Å²) in [6, 6.07) is 17.6. The summed E-state index contributed by atoms with van der Waals surface area (Å²) in [4.78, 5) is 4.40. The van der Waals surface area contributed by atoms with Gasteiger partial charge in [0.25, 0.3) is 10.0 Å². The van der Waals surface area contributed by atoms with Gasteiger partial charge in [-0.25, -0.2) is 13.4 Å². The fourth-order valence-corrected chi connectivity index (χ4v) is 3.53. The van der Waals surface area contributed by atoms with Gasteiger partial charge in [-0.05, 0) is 57.2 Å². The van der Waals surface area contributed by atoms with Crippen LogP contribution in [0, 0.1) is 6.92 Å². The Bertz CT molecular complexity index is 1030. The lowest BCUT2D eigenvalue weighted by Crippen LogP contribution is -2.13. The molecular formula is C21H23N3O3S. The number of sulfonamides is 1. The molecule has 0 fully saturated rings. The first-order chi connectivity index (χ1) is 13.3. The number of benzene rings is 2. The van der Waals surface area contributed by atoms with Crippen LogP contribution in [0.1, 0.15) is 19.4 Å². The topological polar surface area (TPSA) is 80.3 Å². The lowest BCUT2D eigenvalue weighted by Gasteiger charge is -2.15. The fourth-order valence-electron chi connectivity index (χ4n) is 2.52. The van der Waals surface area contributed by atoms with Gasteiger partial charge < -0.3 is 10.1 Å². The van der Waals surface area contributed by atoms with Crippen molar-refractivity contribution < 1.29 is 13.2 Å². The van der Waals surface area contributed by atoms with Crippen molar-refractivity contribution in [1.29, 1.82) is 0 Å².